The maximum Gasteiger partial charge on any atom is 0.0635 e. The zero-order chi connectivity index (χ0) is 13.5. The standard InChI is InChI=1S/C15H25ClN2/c1-4-6-9-18(12(3)5-2)11-13-7-8-14(16)15(17)10-13/h7-8,10,12H,4-6,9,11,17H2,1-3H3. The van der Waals surface area contributed by atoms with Crippen LogP contribution in [0.15, 0.2) is 18.2 Å². The van der Waals surface area contributed by atoms with Crippen molar-refractivity contribution in [3.05, 3.63) is 28.8 Å². The number of anilines is 1. The Morgan fingerprint density at radius 1 is 1.33 bits per heavy atom. The van der Waals surface area contributed by atoms with Crippen molar-refractivity contribution in [2.75, 3.05) is 12.3 Å². The highest BCUT2D eigenvalue weighted by Gasteiger charge is 2.12. The largest absolute Gasteiger partial charge is 0.398 e. The van der Waals surface area contributed by atoms with Crippen molar-refractivity contribution in [3.8, 4) is 0 Å². The van der Waals surface area contributed by atoms with Crippen LogP contribution in [0.5, 0.6) is 0 Å². The van der Waals surface area contributed by atoms with E-state index in [2.05, 4.69) is 31.7 Å². The molecule has 0 aromatic heterocycles. The minimum atomic E-state index is 0.605. The third-order valence-electron chi connectivity index (χ3n) is 3.46. The summed E-state index contributed by atoms with van der Waals surface area (Å²) < 4.78 is 0. The Morgan fingerprint density at radius 2 is 2.06 bits per heavy atom. The monoisotopic (exact) mass is 268 g/mol. The van der Waals surface area contributed by atoms with Crippen LogP contribution in [0.2, 0.25) is 5.02 Å². The number of benzene rings is 1. The van der Waals surface area contributed by atoms with Gasteiger partial charge in [0.15, 0.2) is 0 Å². The molecule has 0 bridgehead atoms. The van der Waals surface area contributed by atoms with Gasteiger partial charge in [-0.05, 0) is 44.0 Å². The molecule has 3 heteroatoms. The quantitative estimate of drug-likeness (QED) is 0.746. The van der Waals surface area contributed by atoms with Crippen LogP contribution in [-0.4, -0.2) is 17.5 Å². The van der Waals surface area contributed by atoms with E-state index in [9.17, 15) is 0 Å². The highest BCUT2D eigenvalue weighted by atomic mass is 35.5. The third kappa shape index (κ3) is 4.51. The Bertz CT molecular complexity index is 366. The number of nitrogen functional groups attached to an aromatic ring is 1. The minimum Gasteiger partial charge on any atom is -0.398 e. The van der Waals surface area contributed by atoms with E-state index >= 15 is 0 Å². The van der Waals surface area contributed by atoms with Gasteiger partial charge in [-0.1, -0.05) is 37.9 Å². The molecule has 1 rings (SSSR count). The molecule has 0 amide bonds. The maximum atomic E-state index is 5.95. The van der Waals surface area contributed by atoms with Gasteiger partial charge in [0, 0.05) is 12.6 Å². The summed E-state index contributed by atoms with van der Waals surface area (Å²) in [5, 5.41) is 0.641. The number of nitrogens with zero attached hydrogens (tertiary/aromatic N) is 1. The van der Waals surface area contributed by atoms with E-state index in [0.717, 1.165) is 13.1 Å². The van der Waals surface area contributed by atoms with Gasteiger partial charge in [0.1, 0.15) is 0 Å². The molecule has 1 aromatic rings. The van der Waals surface area contributed by atoms with E-state index in [4.69, 9.17) is 17.3 Å². The molecule has 0 heterocycles. The van der Waals surface area contributed by atoms with Crippen molar-refractivity contribution >= 4 is 17.3 Å². The van der Waals surface area contributed by atoms with E-state index in [1.54, 1.807) is 0 Å². The Morgan fingerprint density at radius 3 is 2.61 bits per heavy atom. The number of hydrogen-bond donors (Lipinski definition) is 1. The van der Waals surface area contributed by atoms with E-state index in [1.165, 1.54) is 24.8 Å². The second-order valence-corrected chi connectivity index (χ2v) is 5.34. The van der Waals surface area contributed by atoms with Crippen molar-refractivity contribution < 1.29 is 0 Å². The van der Waals surface area contributed by atoms with Crippen LogP contribution in [0, 0.1) is 0 Å². The first kappa shape index (κ1) is 15.3. The minimum absolute atomic E-state index is 0.605. The topological polar surface area (TPSA) is 29.3 Å². The SMILES string of the molecule is CCCCN(Cc1ccc(Cl)c(N)c1)C(C)CC. The predicted molar refractivity (Wildman–Crippen MR) is 80.9 cm³/mol. The van der Waals surface area contributed by atoms with Gasteiger partial charge in [-0.2, -0.15) is 0 Å². The van der Waals surface area contributed by atoms with Gasteiger partial charge in [-0.15, -0.1) is 0 Å². The zero-order valence-electron chi connectivity index (χ0n) is 11.7. The molecule has 18 heavy (non-hydrogen) atoms. The van der Waals surface area contributed by atoms with E-state index in [1.807, 2.05) is 12.1 Å². The molecule has 0 radical (unpaired) electrons. The molecule has 0 spiro atoms. The Balaban J connectivity index is 2.71. The van der Waals surface area contributed by atoms with Gasteiger partial charge >= 0.3 is 0 Å². The first-order valence-electron chi connectivity index (χ1n) is 6.86. The molecule has 0 saturated carbocycles. The summed E-state index contributed by atoms with van der Waals surface area (Å²) in [5.74, 6) is 0. The van der Waals surface area contributed by atoms with Crippen LogP contribution in [0.3, 0.4) is 0 Å². The fourth-order valence-electron chi connectivity index (χ4n) is 2.00. The van der Waals surface area contributed by atoms with Crippen LogP contribution < -0.4 is 5.73 Å². The molecule has 1 unspecified atom stereocenters. The normalized spacial score (nSPS) is 12.9. The lowest BCUT2D eigenvalue weighted by Gasteiger charge is -2.28. The Labute approximate surface area is 116 Å². The fourth-order valence-corrected chi connectivity index (χ4v) is 2.12. The molecule has 0 fully saturated rings. The molecule has 0 aliphatic heterocycles. The Hall–Kier alpha value is -0.730. The van der Waals surface area contributed by atoms with Crippen LogP contribution in [0.1, 0.15) is 45.6 Å². The molecule has 1 atom stereocenters. The third-order valence-corrected chi connectivity index (χ3v) is 3.80. The van der Waals surface area contributed by atoms with Crippen LogP contribution in [0.25, 0.3) is 0 Å². The van der Waals surface area contributed by atoms with Gasteiger partial charge in [0.05, 0.1) is 10.7 Å². The molecule has 2 nitrogen and oxygen atoms in total. The molecule has 0 aliphatic rings. The summed E-state index contributed by atoms with van der Waals surface area (Å²) in [6.07, 6.45) is 3.65. The first-order chi connectivity index (χ1) is 8.58. The summed E-state index contributed by atoms with van der Waals surface area (Å²) in [6.45, 7) is 8.86. The molecule has 102 valence electrons. The summed E-state index contributed by atoms with van der Waals surface area (Å²) >= 11 is 5.95. The maximum absolute atomic E-state index is 5.95. The van der Waals surface area contributed by atoms with Crippen LogP contribution >= 0.6 is 11.6 Å². The number of halogens is 1. The van der Waals surface area contributed by atoms with Crippen molar-refractivity contribution in [2.45, 2.75) is 52.6 Å². The van der Waals surface area contributed by atoms with E-state index in [-0.39, 0.29) is 0 Å². The van der Waals surface area contributed by atoms with Crippen molar-refractivity contribution in [3.63, 3.8) is 0 Å². The fraction of sp³-hybridized carbons (Fsp3) is 0.600. The highest BCUT2D eigenvalue weighted by Crippen LogP contribution is 2.21. The van der Waals surface area contributed by atoms with E-state index < -0.39 is 0 Å². The van der Waals surface area contributed by atoms with Crippen molar-refractivity contribution in [2.24, 2.45) is 0 Å². The molecule has 0 aliphatic carbocycles. The molecule has 2 N–H and O–H groups in total. The number of rotatable bonds is 7. The molecular formula is C15H25ClN2. The van der Waals surface area contributed by atoms with E-state index in [0.29, 0.717) is 16.8 Å². The highest BCUT2D eigenvalue weighted by molar-refractivity contribution is 6.33. The summed E-state index contributed by atoms with van der Waals surface area (Å²) in [6, 6.07) is 6.55. The first-order valence-corrected chi connectivity index (χ1v) is 7.24. The average Bonchev–Trinajstić information content (AvgIpc) is 2.37. The predicted octanol–water partition coefficient (Wildman–Crippen LogP) is 4.32. The van der Waals surface area contributed by atoms with Gasteiger partial charge in [-0.3, -0.25) is 4.90 Å². The number of unbranched alkanes of at least 4 members (excludes halogenated alkanes) is 1. The van der Waals surface area contributed by atoms with Gasteiger partial charge < -0.3 is 5.73 Å². The average molecular weight is 269 g/mol. The molecule has 0 saturated heterocycles. The molecular weight excluding hydrogens is 244 g/mol. The van der Waals surface area contributed by atoms with Crippen molar-refractivity contribution in [1.82, 2.24) is 4.90 Å². The lowest BCUT2D eigenvalue weighted by molar-refractivity contribution is 0.192. The summed E-state index contributed by atoms with van der Waals surface area (Å²) in [7, 11) is 0. The van der Waals surface area contributed by atoms with Gasteiger partial charge in [0.25, 0.3) is 0 Å². The lowest BCUT2D eigenvalue weighted by Crippen LogP contribution is -2.33. The second-order valence-electron chi connectivity index (χ2n) is 4.94. The van der Waals surface area contributed by atoms with Gasteiger partial charge in [-0.25, -0.2) is 0 Å². The smallest absolute Gasteiger partial charge is 0.0635 e. The summed E-state index contributed by atoms with van der Waals surface area (Å²) in [5.41, 5.74) is 7.77. The zero-order valence-corrected chi connectivity index (χ0v) is 12.5. The lowest BCUT2D eigenvalue weighted by atomic mass is 10.1. The van der Waals surface area contributed by atoms with Crippen LogP contribution in [0.4, 0.5) is 5.69 Å². The second kappa shape index (κ2) is 7.65. The molecule has 1 aromatic carbocycles. The Kier molecular flexibility index (Phi) is 6.51. The van der Waals surface area contributed by atoms with Crippen molar-refractivity contribution in [1.29, 1.82) is 0 Å². The van der Waals surface area contributed by atoms with Crippen LogP contribution in [-0.2, 0) is 6.54 Å². The summed E-state index contributed by atoms with van der Waals surface area (Å²) in [4.78, 5) is 2.52. The number of nitrogens with two attached hydrogens (primary N) is 1. The number of hydrogen-bond acceptors (Lipinski definition) is 2. The van der Waals surface area contributed by atoms with Gasteiger partial charge in [0.2, 0.25) is 0 Å².